The van der Waals surface area contributed by atoms with Gasteiger partial charge in [-0.1, -0.05) is 30.3 Å². The van der Waals surface area contributed by atoms with Crippen LogP contribution in [0.4, 0.5) is 0 Å². The van der Waals surface area contributed by atoms with Gasteiger partial charge in [0.05, 0.1) is 0 Å². The highest BCUT2D eigenvalue weighted by molar-refractivity contribution is 7.92. The van der Waals surface area contributed by atoms with Crippen molar-refractivity contribution in [2.75, 3.05) is 20.1 Å². The van der Waals surface area contributed by atoms with Crippen LogP contribution in [0.15, 0.2) is 35.7 Å². The molecular formula is C14H20N2O2S. The maximum absolute atomic E-state index is 12.2. The number of nitrogens with zero attached hydrogens (tertiary/aromatic N) is 1. The summed E-state index contributed by atoms with van der Waals surface area (Å²) < 4.78 is 26.0. The molecule has 104 valence electrons. The molecule has 0 radical (unpaired) electrons. The van der Waals surface area contributed by atoms with E-state index >= 15 is 0 Å². The molecule has 0 amide bonds. The van der Waals surface area contributed by atoms with Crippen LogP contribution < -0.4 is 5.32 Å². The van der Waals surface area contributed by atoms with Gasteiger partial charge in [0.1, 0.15) is 0 Å². The van der Waals surface area contributed by atoms with Crippen molar-refractivity contribution in [2.45, 2.75) is 18.9 Å². The molecule has 1 atom stereocenters. The lowest BCUT2D eigenvalue weighted by atomic mass is 10.1. The fourth-order valence-corrected chi connectivity index (χ4v) is 3.50. The van der Waals surface area contributed by atoms with Crippen molar-refractivity contribution in [2.24, 2.45) is 0 Å². The van der Waals surface area contributed by atoms with Crippen molar-refractivity contribution < 1.29 is 8.42 Å². The summed E-state index contributed by atoms with van der Waals surface area (Å²) in [4.78, 5) is 0. The molecule has 0 saturated carbocycles. The van der Waals surface area contributed by atoms with Gasteiger partial charge in [0.25, 0.3) is 0 Å². The highest BCUT2D eigenvalue weighted by Gasteiger charge is 2.26. The number of hydrogen-bond donors (Lipinski definition) is 1. The van der Waals surface area contributed by atoms with E-state index in [0.717, 1.165) is 18.4 Å². The first kappa shape index (κ1) is 14.2. The Kier molecular flexibility index (Phi) is 4.74. The Bertz CT molecular complexity index is 526. The van der Waals surface area contributed by atoms with E-state index in [2.05, 4.69) is 5.32 Å². The third-order valence-electron chi connectivity index (χ3n) is 3.38. The number of piperidine rings is 1. The lowest BCUT2D eigenvalue weighted by Gasteiger charge is -2.30. The number of nitrogens with one attached hydrogen (secondary N) is 1. The van der Waals surface area contributed by atoms with Crippen LogP contribution in [0.2, 0.25) is 0 Å². The predicted octanol–water partition coefficient (Wildman–Crippen LogP) is 1.67. The van der Waals surface area contributed by atoms with Gasteiger partial charge in [0, 0.05) is 24.5 Å². The van der Waals surface area contributed by atoms with Crippen LogP contribution >= 0.6 is 0 Å². The van der Waals surface area contributed by atoms with Crippen LogP contribution in [-0.4, -0.2) is 38.9 Å². The minimum Gasteiger partial charge on any atom is -0.316 e. The Balaban J connectivity index is 2.08. The van der Waals surface area contributed by atoms with E-state index < -0.39 is 10.0 Å². The molecule has 4 nitrogen and oxygen atoms in total. The molecule has 0 bridgehead atoms. The summed E-state index contributed by atoms with van der Waals surface area (Å²) in [5, 5.41) is 4.46. The summed E-state index contributed by atoms with van der Waals surface area (Å²) in [6.45, 7) is 1.16. The van der Waals surface area contributed by atoms with E-state index in [9.17, 15) is 8.42 Å². The van der Waals surface area contributed by atoms with Gasteiger partial charge >= 0.3 is 0 Å². The van der Waals surface area contributed by atoms with Crippen molar-refractivity contribution in [3.8, 4) is 0 Å². The zero-order valence-electron chi connectivity index (χ0n) is 11.1. The summed E-state index contributed by atoms with van der Waals surface area (Å²) >= 11 is 0. The molecule has 1 aliphatic heterocycles. The van der Waals surface area contributed by atoms with Crippen LogP contribution in [0.3, 0.4) is 0 Å². The predicted molar refractivity (Wildman–Crippen MR) is 78.1 cm³/mol. The van der Waals surface area contributed by atoms with Crippen LogP contribution in [0.1, 0.15) is 18.4 Å². The summed E-state index contributed by atoms with van der Waals surface area (Å²) in [6.07, 6.45) is 3.59. The van der Waals surface area contributed by atoms with Crippen molar-refractivity contribution in [1.82, 2.24) is 9.62 Å². The molecule has 1 saturated heterocycles. The molecule has 2 rings (SSSR count). The zero-order chi connectivity index (χ0) is 13.7. The fraction of sp³-hybridized carbons (Fsp3) is 0.429. The Morgan fingerprint density at radius 3 is 2.74 bits per heavy atom. The third-order valence-corrected chi connectivity index (χ3v) is 4.92. The zero-order valence-corrected chi connectivity index (χ0v) is 11.9. The quantitative estimate of drug-likeness (QED) is 0.913. The molecule has 0 aliphatic carbocycles. The van der Waals surface area contributed by atoms with Gasteiger partial charge in [-0.25, -0.2) is 8.42 Å². The molecular weight excluding hydrogens is 260 g/mol. The molecule has 1 unspecified atom stereocenters. The van der Waals surface area contributed by atoms with E-state index in [1.165, 1.54) is 5.41 Å². The Morgan fingerprint density at radius 1 is 1.32 bits per heavy atom. The molecule has 1 N–H and O–H groups in total. The lowest BCUT2D eigenvalue weighted by molar-refractivity contribution is 0.295. The van der Waals surface area contributed by atoms with E-state index in [-0.39, 0.29) is 6.04 Å². The van der Waals surface area contributed by atoms with E-state index in [4.69, 9.17) is 0 Å². The lowest BCUT2D eigenvalue weighted by Crippen LogP contribution is -2.46. The first-order valence-corrected chi connectivity index (χ1v) is 8.03. The Hall–Kier alpha value is -1.17. The normalized spacial score (nSPS) is 21.8. The van der Waals surface area contributed by atoms with Gasteiger partial charge < -0.3 is 5.32 Å². The number of sulfonamides is 1. The van der Waals surface area contributed by atoms with Crippen LogP contribution in [0, 0.1) is 0 Å². The van der Waals surface area contributed by atoms with Crippen molar-refractivity contribution >= 4 is 16.1 Å². The summed E-state index contributed by atoms with van der Waals surface area (Å²) in [7, 11) is -1.44. The molecule has 1 fully saturated rings. The number of likely N-dealkylation sites (N-methyl/N-ethyl adjacent to an activating group) is 1. The van der Waals surface area contributed by atoms with Crippen LogP contribution in [-0.2, 0) is 10.0 Å². The first-order chi connectivity index (χ1) is 9.12. The number of rotatable bonds is 4. The molecule has 1 heterocycles. The van der Waals surface area contributed by atoms with Crippen molar-refractivity contribution in [3.63, 3.8) is 0 Å². The topological polar surface area (TPSA) is 49.4 Å². The highest BCUT2D eigenvalue weighted by Crippen LogP contribution is 2.15. The molecule has 5 heteroatoms. The fourth-order valence-electron chi connectivity index (χ4n) is 2.22. The maximum Gasteiger partial charge on any atom is 0.236 e. The SMILES string of the molecule is CNC1CCCN(S(=O)(=O)C=Cc2ccccc2)C1. The van der Waals surface area contributed by atoms with Gasteiger partial charge in [-0.3, -0.25) is 0 Å². The molecule has 0 aromatic heterocycles. The van der Waals surface area contributed by atoms with Gasteiger partial charge in [0.15, 0.2) is 0 Å². The van der Waals surface area contributed by atoms with Gasteiger partial charge in [-0.05, 0) is 31.5 Å². The second kappa shape index (κ2) is 6.32. The first-order valence-electron chi connectivity index (χ1n) is 6.52. The second-order valence-corrected chi connectivity index (χ2v) is 6.56. The largest absolute Gasteiger partial charge is 0.316 e. The number of hydrogen-bond acceptors (Lipinski definition) is 3. The summed E-state index contributed by atoms with van der Waals surface area (Å²) in [6, 6.07) is 9.73. The monoisotopic (exact) mass is 280 g/mol. The third kappa shape index (κ3) is 3.89. The van der Waals surface area contributed by atoms with E-state index in [1.54, 1.807) is 10.4 Å². The maximum atomic E-state index is 12.2. The minimum absolute atomic E-state index is 0.258. The average Bonchev–Trinajstić information content (AvgIpc) is 2.46. The van der Waals surface area contributed by atoms with Crippen LogP contribution in [0.5, 0.6) is 0 Å². The molecule has 1 aromatic carbocycles. The van der Waals surface area contributed by atoms with Crippen molar-refractivity contribution in [1.29, 1.82) is 0 Å². The molecule has 1 aliphatic rings. The Morgan fingerprint density at radius 2 is 2.05 bits per heavy atom. The minimum atomic E-state index is -3.31. The smallest absolute Gasteiger partial charge is 0.236 e. The standard InChI is InChI=1S/C14H20N2O2S/c1-15-14-8-5-10-16(12-14)19(17,18)11-9-13-6-3-2-4-7-13/h2-4,6-7,9,11,14-15H,5,8,10,12H2,1H3. The molecule has 0 spiro atoms. The van der Waals surface area contributed by atoms with E-state index in [0.29, 0.717) is 13.1 Å². The summed E-state index contributed by atoms with van der Waals surface area (Å²) in [5.41, 5.74) is 0.897. The second-order valence-electron chi connectivity index (χ2n) is 4.74. The van der Waals surface area contributed by atoms with Gasteiger partial charge in [-0.15, -0.1) is 0 Å². The van der Waals surface area contributed by atoms with Crippen molar-refractivity contribution in [3.05, 3.63) is 41.3 Å². The number of benzene rings is 1. The Labute approximate surface area is 115 Å². The van der Waals surface area contributed by atoms with Gasteiger partial charge in [-0.2, -0.15) is 4.31 Å². The van der Waals surface area contributed by atoms with E-state index in [1.807, 2.05) is 37.4 Å². The van der Waals surface area contributed by atoms with Gasteiger partial charge in [0.2, 0.25) is 10.0 Å². The highest BCUT2D eigenvalue weighted by atomic mass is 32.2. The van der Waals surface area contributed by atoms with Crippen LogP contribution in [0.25, 0.3) is 6.08 Å². The average molecular weight is 280 g/mol. The summed E-state index contributed by atoms with van der Waals surface area (Å²) in [5.74, 6) is 0. The molecule has 1 aromatic rings. The molecule has 19 heavy (non-hydrogen) atoms.